The summed E-state index contributed by atoms with van der Waals surface area (Å²) in [5.74, 6) is 0. The molecule has 0 spiro atoms. The van der Waals surface area contributed by atoms with Crippen LogP contribution in [-0.4, -0.2) is 19.5 Å². The fourth-order valence-corrected chi connectivity index (χ4v) is 1.49. The van der Waals surface area contributed by atoms with E-state index in [-0.39, 0.29) is 0 Å². The fraction of sp³-hybridized carbons (Fsp3) is 0.923. The van der Waals surface area contributed by atoms with Crippen LogP contribution in [-0.2, 0) is 9.53 Å². The predicted octanol–water partition coefficient (Wildman–Crippen LogP) is 3.73. The monoisotopic (exact) mass is 214 g/mol. The van der Waals surface area contributed by atoms with Crippen molar-refractivity contribution < 1.29 is 9.53 Å². The maximum absolute atomic E-state index is 10.0. The number of rotatable bonds is 12. The molecule has 0 rings (SSSR count). The third-order valence-electron chi connectivity index (χ3n) is 2.50. The number of aldehydes is 1. The van der Waals surface area contributed by atoms with Crippen LogP contribution in [0.1, 0.15) is 64.7 Å². The second kappa shape index (κ2) is 13.6. The molecule has 0 bridgehead atoms. The van der Waals surface area contributed by atoms with Gasteiger partial charge in [-0.25, -0.2) is 0 Å². The fourth-order valence-electron chi connectivity index (χ4n) is 1.49. The molecule has 0 aromatic rings. The van der Waals surface area contributed by atoms with Gasteiger partial charge in [0.05, 0.1) is 0 Å². The molecule has 0 aromatic heterocycles. The molecule has 0 fully saturated rings. The molecule has 0 saturated carbocycles. The largest absolute Gasteiger partial charge is 0.381 e. The smallest absolute Gasteiger partial charge is 0.119 e. The van der Waals surface area contributed by atoms with Crippen LogP contribution < -0.4 is 0 Å². The molecule has 0 unspecified atom stereocenters. The van der Waals surface area contributed by atoms with Gasteiger partial charge in [0.15, 0.2) is 0 Å². The predicted molar refractivity (Wildman–Crippen MR) is 64.1 cm³/mol. The van der Waals surface area contributed by atoms with Crippen LogP contribution in [0.4, 0.5) is 0 Å². The zero-order valence-electron chi connectivity index (χ0n) is 10.2. The molecule has 0 aliphatic heterocycles. The zero-order valence-corrected chi connectivity index (χ0v) is 10.2. The van der Waals surface area contributed by atoms with E-state index in [1.807, 2.05) is 0 Å². The maximum atomic E-state index is 10.0. The number of ether oxygens (including phenoxy) is 1. The molecular formula is C13H26O2. The molecule has 2 heteroatoms. The van der Waals surface area contributed by atoms with E-state index in [0.717, 1.165) is 32.3 Å². The topological polar surface area (TPSA) is 26.3 Å². The Balaban J connectivity index is 2.83. The van der Waals surface area contributed by atoms with Crippen molar-refractivity contribution >= 4 is 6.29 Å². The molecule has 2 nitrogen and oxygen atoms in total. The van der Waals surface area contributed by atoms with E-state index in [2.05, 4.69) is 6.92 Å². The minimum atomic E-state index is 0.736. The van der Waals surface area contributed by atoms with E-state index < -0.39 is 0 Å². The zero-order chi connectivity index (χ0) is 11.2. The summed E-state index contributed by atoms with van der Waals surface area (Å²) in [4.78, 5) is 10.0. The standard InChI is InChI=1S/C13H26O2/c1-2-3-12-15-13-10-8-6-4-5-7-9-11-14/h11H,2-10,12-13H2,1H3. The number of hydrogen-bond acceptors (Lipinski definition) is 2. The third-order valence-corrected chi connectivity index (χ3v) is 2.50. The first-order chi connectivity index (χ1) is 7.41. The van der Waals surface area contributed by atoms with Crippen LogP contribution >= 0.6 is 0 Å². The van der Waals surface area contributed by atoms with Crippen molar-refractivity contribution in [3.63, 3.8) is 0 Å². The third kappa shape index (κ3) is 13.6. The van der Waals surface area contributed by atoms with Crippen LogP contribution in [0.15, 0.2) is 0 Å². The van der Waals surface area contributed by atoms with Crippen molar-refractivity contribution in [2.24, 2.45) is 0 Å². The van der Waals surface area contributed by atoms with Gasteiger partial charge in [-0.3, -0.25) is 0 Å². The van der Waals surface area contributed by atoms with E-state index >= 15 is 0 Å². The highest BCUT2D eigenvalue weighted by molar-refractivity contribution is 5.48. The second-order valence-corrected chi connectivity index (χ2v) is 4.04. The number of carbonyl (C=O) groups excluding carboxylic acids is 1. The maximum Gasteiger partial charge on any atom is 0.119 e. The summed E-state index contributed by atoms with van der Waals surface area (Å²) in [5.41, 5.74) is 0. The van der Waals surface area contributed by atoms with E-state index in [1.54, 1.807) is 0 Å². The van der Waals surface area contributed by atoms with E-state index in [1.165, 1.54) is 44.9 Å². The van der Waals surface area contributed by atoms with Gasteiger partial charge in [-0.1, -0.05) is 39.0 Å². The summed E-state index contributed by atoms with van der Waals surface area (Å²) in [6, 6.07) is 0. The summed E-state index contributed by atoms with van der Waals surface area (Å²) in [6.07, 6.45) is 11.4. The lowest BCUT2D eigenvalue weighted by atomic mass is 10.1. The molecule has 0 aliphatic carbocycles. The SMILES string of the molecule is CCCCOCCCCCCCCC=O. The first-order valence-corrected chi connectivity index (χ1v) is 6.43. The molecule has 90 valence electrons. The van der Waals surface area contributed by atoms with Gasteiger partial charge in [0.25, 0.3) is 0 Å². The average molecular weight is 214 g/mol. The molecule has 0 saturated heterocycles. The summed E-state index contributed by atoms with van der Waals surface area (Å²) >= 11 is 0. The van der Waals surface area contributed by atoms with Gasteiger partial charge in [-0.2, -0.15) is 0 Å². The van der Waals surface area contributed by atoms with Gasteiger partial charge in [-0.15, -0.1) is 0 Å². The lowest BCUT2D eigenvalue weighted by Gasteiger charge is -2.03. The summed E-state index contributed by atoms with van der Waals surface area (Å²) in [5, 5.41) is 0. The quantitative estimate of drug-likeness (QED) is 0.365. The molecule has 0 aromatic carbocycles. The van der Waals surface area contributed by atoms with Crippen molar-refractivity contribution in [1.82, 2.24) is 0 Å². The first-order valence-electron chi connectivity index (χ1n) is 6.43. The highest BCUT2D eigenvalue weighted by Gasteiger charge is 1.92. The van der Waals surface area contributed by atoms with E-state index in [0.29, 0.717) is 0 Å². The summed E-state index contributed by atoms with van der Waals surface area (Å²) < 4.78 is 5.47. The number of hydrogen-bond donors (Lipinski definition) is 0. The van der Waals surface area contributed by atoms with Crippen molar-refractivity contribution in [3.05, 3.63) is 0 Å². The second-order valence-electron chi connectivity index (χ2n) is 4.04. The van der Waals surface area contributed by atoms with Crippen LogP contribution in [0.5, 0.6) is 0 Å². The van der Waals surface area contributed by atoms with E-state index in [9.17, 15) is 4.79 Å². The van der Waals surface area contributed by atoms with Gasteiger partial charge in [-0.05, 0) is 19.3 Å². The van der Waals surface area contributed by atoms with Gasteiger partial charge < -0.3 is 9.53 Å². The first kappa shape index (κ1) is 14.6. The van der Waals surface area contributed by atoms with Gasteiger partial charge >= 0.3 is 0 Å². The molecule has 15 heavy (non-hydrogen) atoms. The molecule has 0 radical (unpaired) electrons. The van der Waals surface area contributed by atoms with Crippen molar-refractivity contribution in [2.45, 2.75) is 64.7 Å². The Bertz CT molecular complexity index is 124. The molecule has 0 heterocycles. The van der Waals surface area contributed by atoms with Gasteiger partial charge in [0, 0.05) is 19.6 Å². The Morgan fingerprint density at radius 2 is 1.47 bits per heavy atom. The van der Waals surface area contributed by atoms with Crippen LogP contribution in [0.25, 0.3) is 0 Å². The van der Waals surface area contributed by atoms with Crippen LogP contribution in [0.3, 0.4) is 0 Å². The number of carbonyl (C=O) groups is 1. The van der Waals surface area contributed by atoms with Crippen molar-refractivity contribution in [2.75, 3.05) is 13.2 Å². The minimum absolute atomic E-state index is 0.736. The highest BCUT2D eigenvalue weighted by atomic mass is 16.5. The summed E-state index contributed by atoms with van der Waals surface area (Å²) in [7, 11) is 0. The van der Waals surface area contributed by atoms with Crippen LogP contribution in [0, 0.1) is 0 Å². The molecule has 0 N–H and O–H groups in total. The molecule has 0 aliphatic rings. The van der Waals surface area contributed by atoms with E-state index in [4.69, 9.17) is 4.74 Å². The van der Waals surface area contributed by atoms with Crippen molar-refractivity contribution in [3.8, 4) is 0 Å². The Morgan fingerprint density at radius 3 is 2.13 bits per heavy atom. The van der Waals surface area contributed by atoms with Crippen LogP contribution in [0.2, 0.25) is 0 Å². The normalized spacial score (nSPS) is 10.5. The lowest BCUT2D eigenvalue weighted by Crippen LogP contribution is -1.96. The van der Waals surface area contributed by atoms with Crippen molar-refractivity contribution in [1.29, 1.82) is 0 Å². The average Bonchev–Trinajstić information content (AvgIpc) is 2.26. The van der Waals surface area contributed by atoms with Gasteiger partial charge in [0.2, 0.25) is 0 Å². The summed E-state index contributed by atoms with van der Waals surface area (Å²) in [6.45, 7) is 4.03. The molecule has 0 atom stereocenters. The Labute approximate surface area is 94.4 Å². The number of unbranched alkanes of at least 4 members (excludes halogenated alkanes) is 7. The highest BCUT2D eigenvalue weighted by Crippen LogP contribution is 2.06. The lowest BCUT2D eigenvalue weighted by molar-refractivity contribution is -0.107. The Morgan fingerprint density at radius 1 is 0.867 bits per heavy atom. The Kier molecular flexibility index (Phi) is 13.3. The van der Waals surface area contributed by atoms with Gasteiger partial charge in [0.1, 0.15) is 6.29 Å². The molecular weight excluding hydrogens is 188 g/mol. The minimum Gasteiger partial charge on any atom is -0.381 e. The molecule has 0 amide bonds. The Hall–Kier alpha value is -0.370.